The van der Waals surface area contributed by atoms with Gasteiger partial charge in [0.25, 0.3) is 0 Å². The first-order chi connectivity index (χ1) is 12.5. The molecule has 3 rings (SSSR count). The molecule has 0 radical (unpaired) electrons. The van der Waals surface area contributed by atoms with Crippen molar-refractivity contribution in [1.82, 2.24) is 14.1 Å². The van der Waals surface area contributed by atoms with Crippen molar-refractivity contribution in [3.8, 4) is 11.5 Å². The zero-order valence-corrected chi connectivity index (χ0v) is 16.0. The van der Waals surface area contributed by atoms with Gasteiger partial charge < -0.3 is 19.3 Å². The zero-order valence-electron chi connectivity index (χ0n) is 15.2. The van der Waals surface area contributed by atoms with Gasteiger partial charge in [-0.05, 0) is 25.0 Å². The Bertz CT molecular complexity index is 754. The maximum absolute atomic E-state index is 12.9. The van der Waals surface area contributed by atoms with Crippen LogP contribution in [0.4, 0.5) is 4.79 Å². The minimum atomic E-state index is -3.64. The third kappa shape index (κ3) is 3.59. The second-order valence-corrected chi connectivity index (χ2v) is 8.32. The number of carbonyl (C=O) groups excluding carboxylic acids is 1. The minimum Gasteiger partial charge on any atom is -0.493 e. The van der Waals surface area contributed by atoms with Crippen molar-refractivity contribution in [2.24, 2.45) is 0 Å². The van der Waals surface area contributed by atoms with E-state index in [1.54, 1.807) is 11.0 Å². The molecule has 2 aliphatic heterocycles. The minimum absolute atomic E-state index is 0.0191. The van der Waals surface area contributed by atoms with Crippen LogP contribution in [0, 0.1) is 0 Å². The van der Waals surface area contributed by atoms with Crippen LogP contribution in [0.25, 0.3) is 0 Å². The van der Waals surface area contributed by atoms with Crippen LogP contribution < -0.4 is 9.47 Å². The lowest BCUT2D eigenvalue weighted by Gasteiger charge is -2.36. The van der Waals surface area contributed by atoms with E-state index in [1.807, 2.05) is 4.90 Å². The van der Waals surface area contributed by atoms with Crippen molar-refractivity contribution in [3.05, 3.63) is 18.2 Å². The van der Waals surface area contributed by atoms with E-state index in [0.717, 1.165) is 25.9 Å². The molecule has 2 heterocycles. The molecule has 0 unspecified atom stereocenters. The SMILES string of the molecule is COc1ccc(S(=O)(=O)N2CCN(C(=O)N3CCCC3)CC2)cc1OC. The Hall–Kier alpha value is -2.00. The number of benzene rings is 1. The van der Waals surface area contributed by atoms with Crippen LogP contribution in [0.5, 0.6) is 11.5 Å². The molecule has 8 nitrogen and oxygen atoms in total. The molecule has 0 aliphatic carbocycles. The molecule has 1 aromatic rings. The van der Waals surface area contributed by atoms with Gasteiger partial charge in [0.1, 0.15) is 0 Å². The molecular weight excluding hydrogens is 358 g/mol. The first kappa shape index (κ1) is 18.8. The average molecular weight is 383 g/mol. The number of amides is 2. The second-order valence-electron chi connectivity index (χ2n) is 6.38. The molecule has 0 saturated carbocycles. The molecule has 9 heteroatoms. The Balaban J connectivity index is 1.69. The van der Waals surface area contributed by atoms with Gasteiger partial charge in [-0.1, -0.05) is 0 Å². The molecular formula is C17H25N3O5S. The monoisotopic (exact) mass is 383 g/mol. The first-order valence-corrected chi connectivity index (χ1v) is 10.2. The molecule has 2 aliphatic rings. The van der Waals surface area contributed by atoms with E-state index in [4.69, 9.17) is 9.47 Å². The maximum Gasteiger partial charge on any atom is 0.320 e. The fraction of sp³-hybridized carbons (Fsp3) is 0.588. The quantitative estimate of drug-likeness (QED) is 0.781. The summed E-state index contributed by atoms with van der Waals surface area (Å²) in [5, 5.41) is 0. The highest BCUT2D eigenvalue weighted by molar-refractivity contribution is 7.89. The number of sulfonamides is 1. The van der Waals surface area contributed by atoms with Gasteiger partial charge in [0.15, 0.2) is 11.5 Å². The smallest absolute Gasteiger partial charge is 0.320 e. The van der Waals surface area contributed by atoms with Gasteiger partial charge in [-0.15, -0.1) is 0 Å². The number of piperazine rings is 1. The summed E-state index contributed by atoms with van der Waals surface area (Å²) in [5.41, 5.74) is 0. The number of nitrogens with zero attached hydrogens (tertiary/aromatic N) is 3. The number of urea groups is 1. The van der Waals surface area contributed by atoms with Crippen molar-refractivity contribution in [1.29, 1.82) is 0 Å². The molecule has 0 bridgehead atoms. The molecule has 0 spiro atoms. The van der Waals surface area contributed by atoms with E-state index in [0.29, 0.717) is 24.6 Å². The lowest BCUT2D eigenvalue weighted by atomic mass is 10.3. The van der Waals surface area contributed by atoms with Gasteiger partial charge in [-0.3, -0.25) is 0 Å². The fourth-order valence-corrected chi connectivity index (χ4v) is 4.79. The zero-order chi connectivity index (χ0) is 18.7. The molecule has 2 saturated heterocycles. The van der Waals surface area contributed by atoms with Crippen LogP contribution in [0.3, 0.4) is 0 Å². The van der Waals surface area contributed by atoms with E-state index in [-0.39, 0.29) is 24.0 Å². The summed E-state index contributed by atoms with van der Waals surface area (Å²) >= 11 is 0. The predicted molar refractivity (Wildman–Crippen MR) is 96.1 cm³/mol. The summed E-state index contributed by atoms with van der Waals surface area (Å²) in [6.45, 7) is 2.97. The Morgan fingerprint density at radius 2 is 1.46 bits per heavy atom. The Labute approximate surface area is 154 Å². The van der Waals surface area contributed by atoms with Crippen LogP contribution >= 0.6 is 0 Å². The number of ether oxygens (including phenoxy) is 2. The van der Waals surface area contributed by atoms with Crippen LogP contribution in [0.15, 0.2) is 23.1 Å². The van der Waals surface area contributed by atoms with Crippen LogP contribution in [-0.2, 0) is 10.0 Å². The van der Waals surface area contributed by atoms with E-state index in [2.05, 4.69) is 0 Å². The van der Waals surface area contributed by atoms with Gasteiger partial charge >= 0.3 is 6.03 Å². The molecule has 0 N–H and O–H groups in total. The van der Waals surface area contributed by atoms with E-state index >= 15 is 0 Å². The highest BCUT2D eigenvalue weighted by Crippen LogP contribution is 2.31. The number of hydrogen-bond donors (Lipinski definition) is 0. The highest BCUT2D eigenvalue weighted by Gasteiger charge is 2.32. The summed E-state index contributed by atoms with van der Waals surface area (Å²) < 4.78 is 37.6. The van der Waals surface area contributed by atoms with E-state index < -0.39 is 10.0 Å². The normalized spacial score (nSPS) is 18.8. The predicted octanol–water partition coefficient (Wildman–Crippen LogP) is 1.23. The van der Waals surface area contributed by atoms with Crippen molar-refractivity contribution in [3.63, 3.8) is 0 Å². The molecule has 26 heavy (non-hydrogen) atoms. The summed E-state index contributed by atoms with van der Waals surface area (Å²) in [6, 6.07) is 4.58. The molecule has 0 atom stereocenters. The summed E-state index contributed by atoms with van der Waals surface area (Å²) in [6.07, 6.45) is 2.08. The molecule has 2 amide bonds. The molecule has 2 fully saturated rings. The van der Waals surface area contributed by atoms with Gasteiger partial charge in [0.05, 0.1) is 19.1 Å². The van der Waals surface area contributed by atoms with E-state index in [1.165, 1.54) is 30.7 Å². The number of carbonyl (C=O) groups is 1. The number of methoxy groups -OCH3 is 2. The summed E-state index contributed by atoms with van der Waals surface area (Å²) in [5.74, 6) is 0.851. The third-order valence-corrected chi connectivity index (χ3v) is 6.77. The van der Waals surface area contributed by atoms with Gasteiger partial charge in [-0.2, -0.15) is 4.31 Å². The van der Waals surface area contributed by atoms with Crippen molar-refractivity contribution < 1.29 is 22.7 Å². The van der Waals surface area contributed by atoms with Crippen molar-refractivity contribution in [2.75, 3.05) is 53.5 Å². The Morgan fingerprint density at radius 1 is 0.885 bits per heavy atom. The Kier molecular flexibility index (Phi) is 5.57. The lowest BCUT2D eigenvalue weighted by Crippen LogP contribution is -2.53. The Morgan fingerprint density at radius 3 is 2.04 bits per heavy atom. The van der Waals surface area contributed by atoms with Crippen LogP contribution in [-0.4, -0.2) is 82.0 Å². The van der Waals surface area contributed by atoms with E-state index in [9.17, 15) is 13.2 Å². The summed E-state index contributed by atoms with van der Waals surface area (Å²) in [4.78, 5) is 16.2. The van der Waals surface area contributed by atoms with Gasteiger partial charge in [0.2, 0.25) is 10.0 Å². The average Bonchev–Trinajstić information content (AvgIpc) is 3.21. The number of rotatable bonds is 4. The third-order valence-electron chi connectivity index (χ3n) is 4.88. The lowest BCUT2D eigenvalue weighted by molar-refractivity contribution is 0.142. The van der Waals surface area contributed by atoms with Crippen LogP contribution in [0.2, 0.25) is 0 Å². The maximum atomic E-state index is 12.9. The first-order valence-electron chi connectivity index (χ1n) is 8.73. The highest BCUT2D eigenvalue weighted by atomic mass is 32.2. The van der Waals surface area contributed by atoms with Crippen molar-refractivity contribution >= 4 is 16.1 Å². The standard InChI is InChI=1S/C17H25N3O5S/c1-24-15-6-5-14(13-16(15)25-2)26(22,23)20-11-9-19(10-12-20)17(21)18-7-3-4-8-18/h5-6,13H,3-4,7-12H2,1-2H3. The summed E-state index contributed by atoms with van der Waals surface area (Å²) in [7, 11) is -0.670. The number of likely N-dealkylation sites (tertiary alicyclic amines) is 1. The second kappa shape index (κ2) is 7.71. The van der Waals surface area contributed by atoms with Crippen molar-refractivity contribution in [2.45, 2.75) is 17.7 Å². The molecule has 1 aromatic carbocycles. The van der Waals surface area contributed by atoms with Gasteiger partial charge in [0, 0.05) is 45.3 Å². The molecule has 0 aromatic heterocycles. The molecule has 144 valence electrons. The van der Waals surface area contributed by atoms with Crippen LogP contribution in [0.1, 0.15) is 12.8 Å². The fourth-order valence-electron chi connectivity index (χ4n) is 3.35. The largest absolute Gasteiger partial charge is 0.493 e. The topological polar surface area (TPSA) is 79.4 Å². The number of hydrogen-bond acceptors (Lipinski definition) is 5. The van der Waals surface area contributed by atoms with Gasteiger partial charge in [-0.25, -0.2) is 13.2 Å².